The van der Waals surface area contributed by atoms with Crippen molar-refractivity contribution in [1.82, 2.24) is 19.4 Å². The number of fused-ring (bicyclic) bond motifs is 1. The first-order chi connectivity index (χ1) is 16.2. The van der Waals surface area contributed by atoms with Crippen LogP contribution in [0.1, 0.15) is 17.5 Å². The maximum atomic E-state index is 13.5. The number of carbonyl (C=O) groups is 2. The number of rotatable bonds is 4. The van der Waals surface area contributed by atoms with Crippen LogP contribution in [-0.2, 0) is 27.7 Å². The quantitative estimate of drug-likeness (QED) is 0.660. The summed E-state index contributed by atoms with van der Waals surface area (Å²) >= 11 is 0. The number of aryl methyl sites for hydroxylation is 1. The maximum Gasteiger partial charge on any atom is 0.326 e. The predicted molar refractivity (Wildman–Crippen MR) is 118 cm³/mol. The van der Waals surface area contributed by atoms with Crippen LogP contribution in [0.3, 0.4) is 0 Å². The average Bonchev–Trinajstić information content (AvgIpc) is 3.04. The minimum absolute atomic E-state index is 0.0626. The summed E-state index contributed by atoms with van der Waals surface area (Å²) in [5.74, 6) is -2.60. The van der Waals surface area contributed by atoms with E-state index in [4.69, 9.17) is 0 Å². The fourth-order valence-corrected chi connectivity index (χ4v) is 6.36. The Hall–Kier alpha value is -2.89. The van der Waals surface area contributed by atoms with Crippen LogP contribution in [0.15, 0.2) is 47.4 Å². The number of carbonyl (C=O) groups excluding carboxylic acids is 2. The number of nitrogens with zero attached hydrogens (tertiary/aromatic N) is 3. The molecule has 1 N–H and O–H groups in total. The van der Waals surface area contributed by atoms with Gasteiger partial charge in [0.15, 0.2) is 11.6 Å². The molecule has 2 fully saturated rings. The van der Waals surface area contributed by atoms with Gasteiger partial charge >= 0.3 is 6.03 Å². The van der Waals surface area contributed by atoms with Crippen LogP contribution in [0.4, 0.5) is 13.6 Å². The number of sulfonamides is 1. The number of benzene rings is 2. The summed E-state index contributed by atoms with van der Waals surface area (Å²) in [4.78, 5) is 28.7. The van der Waals surface area contributed by atoms with Crippen LogP contribution >= 0.6 is 0 Å². The molecule has 1 aliphatic carbocycles. The van der Waals surface area contributed by atoms with Gasteiger partial charge in [0.25, 0.3) is 5.91 Å². The molecular weight excluding hydrogens is 466 g/mol. The summed E-state index contributed by atoms with van der Waals surface area (Å²) in [6.07, 6.45) is 1.69. The van der Waals surface area contributed by atoms with Crippen LogP contribution in [0.2, 0.25) is 0 Å². The Labute approximate surface area is 196 Å². The van der Waals surface area contributed by atoms with Crippen LogP contribution < -0.4 is 5.32 Å². The molecular formula is C23H24F2N4O4S. The number of nitrogens with one attached hydrogen (secondary N) is 1. The number of amides is 3. The van der Waals surface area contributed by atoms with Gasteiger partial charge in [-0.3, -0.25) is 9.69 Å². The Kier molecular flexibility index (Phi) is 5.65. The molecule has 1 spiro atoms. The molecule has 8 nitrogen and oxygen atoms in total. The SMILES string of the molecule is O=C1NC2(CCc3ccccc3C2)C(=O)N1CN1CCN(S(=O)(=O)c2ccc(F)c(F)c2)CC1. The van der Waals surface area contributed by atoms with E-state index in [0.29, 0.717) is 25.3 Å². The lowest BCUT2D eigenvalue weighted by Gasteiger charge is -2.36. The summed E-state index contributed by atoms with van der Waals surface area (Å²) in [5, 5.41) is 2.90. The molecule has 1 unspecified atom stereocenters. The molecule has 0 bridgehead atoms. The second kappa shape index (κ2) is 8.40. The van der Waals surface area contributed by atoms with Gasteiger partial charge in [0, 0.05) is 32.6 Å². The predicted octanol–water partition coefficient (Wildman–Crippen LogP) is 1.71. The fourth-order valence-electron chi connectivity index (χ4n) is 4.93. The van der Waals surface area contributed by atoms with Gasteiger partial charge in [-0.1, -0.05) is 24.3 Å². The monoisotopic (exact) mass is 490 g/mol. The molecule has 34 heavy (non-hydrogen) atoms. The van der Waals surface area contributed by atoms with E-state index >= 15 is 0 Å². The summed E-state index contributed by atoms with van der Waals surface area (Å²) < 4.78 is 53.5. The van der Waals surface area contributed by atoms with Gasteiger partial charge in [-0.05, 0) is 42.2 Å². The first kappa shape index (κ1) is 22.9. The number of imide groups is 1. The molecule has 0 saturated carbocycles. The van der Waals surface area contributed by atoms with Gasteiger partial charge in [0.05, 0.1) is 11.6 Å². The van der Waals surface area contributed by atoms with Crippen LogP contribution in [0.25, 0.3) is 0 Å². The Morgan fingerprint density at radius 1 is 0.941 bits per heavy atom. The van der Waals surface area contributed by atoms with E-state index in [-0.39, 0.29) is 43.7 Å². The lowest BCUT2D eigenvalue weighted by Crippen LogP contribution is -2.54. The third kappa shape index (κ3) is 3.87. The molecule has 3 aliphatic rings. The van der Waals surface area contributed by atoms with Crippen molar-refractivity contribution in [3.63, 3.8) is 0 Å². The normalized spacial score (nSPS) is 23.9. The fraction of sp³-hybridized carbons (Fsp3) is 0.391. The van der Waals surface area contributed by atoms with Crippen molar-refractivity contribution >= 4 is 22.0 Å². The van der Waals surface area contributed by atoms with Gasteiger partial charge < -0.3 is 5.32 Å². The molecule has 2 aliphatic heterocycles. The van der Waals surface area contributed by atoms with Crippen molar-refractivity contribution in [2.75, 3.05) is 32.8 Å². The lowest BCUT2D eigenvalue weighted by atomic mass is 9.78. The highest BCUT2D eigenvalue weighted by atomic mass is 32.2. The van der Waals surface area contributed by atoms with E-state index < -0.39 is 33.2 Å². The summed E-state index contributed by atoms with van der Waals surface area (Å²) in [6.45, 7) is 0.839. The highest BCUT2D eigenvalue weighted by Gasteiger charge is 2.52. The van der Waals surface area contributed by atoms with Crippen molar-refractivity contribution in [1.29, 1.82) is 0 Å². The third-order valence-electron chi connectivity index (χ3n) is 6.88. The van der Waals surface area contributed by atoms with E-state index in [9.17, 15) is 26.8 Å². The van der Waals surface area contributed by atoms with Gasteiger partial charge in [0.2, 0.25) is 10.0 Å². The smallest absolute Gasteiger partial charge is 0.323 e. The number of hydrogen-bond donors (Lipinski definition) is 1. The van der Waals surface area contributed by atoms with E-state index in [1.165, 1.54) is 14.8 Å². The van der Waals surface area contributed by atoms with Crippen molar-refractivity contribution in [2.45, 2.75) is 29.7 Å². The molecule has 0 aromatic heterocycles. The zero-order valence-electron chi connectivity index (χ0n) is 18.3. The van der Waals surface area contributed by atoms with Crippen molar-refractivity contribution in [2.24, 2.45) is 0 Å². The summed E-state index contributed by atoms with van der Waals surface area (Å²) in [5.41, 5.74) is 1.30. The maximum absolute atomic E-state index is 13.5. The standard InChI is InChI=1S/C23H24F2N4O4S/c24-19-6-5-18(13-20(19)25)34(32,33)28-11-9-27(10-12-28)15-29-21(30)23(26-22(29)31)8-7-16-3-1-2-4-17(16)14-23/h1-6,13H,7-12,14-15H2,(H,26,31). The van der Waals surface area contributed by atoms with Gasteiger partial charge in [-0.25, -0.2) is 26.9 Å². The van der Waals surface area contributed by atoms with Gasteiger partial charge in [-0.15, -0.1) is 0 Å². The van der Waals surface area contributed by atoms with Crippen LogP contribution in [0.5, 0.6) is 0 Å². The summed E-state index contributed by atoms with van der Waals surface area (Å²) in [7, 11) is -3.98. The molecule has 0 radical (unpaired) electrons. The molecule has 2 aromatic rings. The van der Waals surface area contributed by atoms with Crippen LogP contribution in [0, 0.1) is 11.6 Å². The molecule has 180 valence electrons. The number of piperazine rings is 1. The highest BCUT2D eigenvalue weighted by molar-refractivity contribution is 7.89. The molecule has 11 heteroatoms. The first-order valence-electron chi connectivity index (χ1n) is 11.1. The minimum atomic E-state index is -3.98. The Bertz CT molecular complexity index is 1260. The van der Waals surface area contributed by atoms with E-state index in [1.807, 2.05) is 29.2 Å². The number of hydrogen-bond acceptors (Lipinski definition) is 5. The Balaban J connectivity index is 1.23. The number of halogens is 2. The third-order valence-corrected chi connectivity index (χ3v) is 8.77. The van der Waals surface area contributed by atoms with E-state index in [2.05, 4.69) is 5.32 Å². The average molecular weight is 491 g/mol. The van der Waals surface area contributed by atoms with Crippen molar-refractivity contribution in [3.05, 3.63) is 65.2 Å². The molecule has 2 heterocycles. The largest absolute Gasteiger partial charge is 0.326 e. The number of urea groups is 1. The molecule has 2 aromatic carbocycles. The Morgan fingerprint density at radius 2 is 1.65 bits per heavy atom. The highest BCUT2D eigenvalue weighted by Crippen LogP contribution is 2.33. The first-order valence-corrected chi connectivity index (χ1v) is 12.5. The second-order valence-electron chi connectivity index (χ2n) is 8.93. The second-order valence-corrected chi connectivity index (χ2v) is 10.9. The van der Waals surface area contributed by atoms with Crippen LogP contribution in [-0.4, -0.2) is 72.8 Å². The molecule has 1 atom stereocenters. The van der Waals surface area contributed by atoms with Gasteiger partial charge in [0.1, 0.15) is 5.54 Å². The summed E-state index contributed by atoms with van der Waals surface area (Å²) in [6, 6.07) is 9.95. The van der Waals surface area contributed by atoms with Crippen molar-refractivity contribution < 1.29 is 26.8 Å². The topological polar surface area (TPSA) is 90.0 Å². The lowest BCUT2D eigenvalue weighted by molar-refractivity contribution is -0.133. The minimum Gasteiger partial charge on any atom is -0.323 e. The molecule has 5 rings (SSSR count). The zero-order chi connectivity index (χ0) is 24.1. The molecule has 2 saturated heterocycles. The molecule has 3 amide bonds. The zero-order valence-corrected chi connectivity index (χ0v) is 19.2. The van der Waals surface area contributed by atoms with E-state index in [0.717, 1.165) is 17.7 Å². The van der Waals surface area contributed by atoms with Crippen molar-refractivity contribution in [3.8, 4) is 0 Å². The Morgan fingerprint density at radius 3 is 2.35 bits per heavy atom. The van der Waals surface area contributed by atoms with E-state index in [1.54, 1.807) is 0 Å². The van der Waals surface area contributed by atoms with Gasteiger partial charge in [-0.2, -0.15) is 4.31 Å².